The topological polar surface area (TPSA) is 118 Å². The summed E-state index contributed by atoms with van der Waals surface area (Å²) in [6, 6.07) is 10.6. The number of ether oxygens (including phenoxy) is 1. The monoisotopic (exact) mass is 414 g/mol. The summed E-state index contributed by atoms with van der Waals surface area (Å²) in [5.74, 6) is 0.941. The number of ketones is 1. The zero-order chi connectivity index (χ0) is 21.8. The van der Waals surface area contributed by atoms with Crippen molar-refractivity contribution in [2.45, 2.75) is 13.5 Å². The second-order valence-corrected chi connectivity index (χ2v) is 7.28. The Morgan fingerprint density at radius 3 is 2.61 bits per heavy atom. The number of benzene rings is 1. The second-order valence-electron chi connectivity index (χ2n) is 7.28. The van der Waals surface area contributed by atoms with Gasteiger partial charge in [0.25, 0.3) is 0 Å². The standard InChI is InChI=1S/C23H22N6O2/c1-15-8-18(10-21(28-15)29-4-6-31-7-5-29)22(30)20-9-16(11-24)2-3-19(20)23-26-13-17(12-25)14-27-23/h2-3,8-10,13-14H,4-7,12,25H2,1H3. The van der Waals surface area contributed by atoms with E-state index in [2.05, 4.69) is 25.9 Å². The number of hydrogen-bond donors (Lipinski definition) is 1. The number of morpholine rings is 1. The van der Waals surface area contributed by atoms with E-state index in [-0.39, 0.29) is 5.78 Å². The first-order valence-corrected chi connectivity index (χ1v) is 10.0. The molecule has 4 rings (SSSR count). The summed E-state index contributed by atoms with van der Waals surface area (Å²) in [6.45, 7) is 4.90. The minimum atomic E-state index is -0.210. The van der Waals surface area contributed by atoms with Crippen molar-refractivity contribution in [3.05, 3.63) is 70.7 Å². The van der Waals surface area contributed by atoms with Crippen molar-refractivity contribution >= 4 is 11.6 Å². The van der Waals surface area contributed by atoms with Gasteiger partial charge in [-0.2, -0.15) is 5.26 Å². The van der Waals surface area contributed by atoms with Crippen molar-refractivity contribution in [2.75, 3.05) is 31.2 Å². The van der Waals surface area contributed by atoms with Crippen molar-refractivity contribution in [3.63, 3.8) is 0 Å². The molecule has 8 nitrogen and oxygen atoms in total. The molecule has 1 fully saturated rings. The summed E-state index contributed by atoms with van der Waals surface area (Å²) in [6.07, 6.45) is 3.28. The van der Waals surface area contributed by atoms with E-state index in [1.807, 2.05) is 6.92 Å². The molecule has 0 aliphatic carbocycles. The van der Waals surface area contributed by atoms with Gasteiger partial charge in [-0.25, -0.2) is 15.0 Å². The average Bonchev–Trinajstić information content (AvgIpc) is 2.83. The van der Waals surface area contributed by atoms with Crippen molar-refractivity contribution in [3.8, 4) is 17.5 Å². The van der Waals surface area contributed by atoms with Crippen molar-refractivity contribution in [1.29, 1.82) is 5.26 Å². The fraction of sp³-hybridized carbons (Fsp3) is 0.261. The first-order valence-electron chi connectivity index (χ1n) is 10.0. The Bertz CT molecular complexity index is 1150. The summed E-state index contributed by atoms with van der Waals surface area (Å²) in [5, 5.41) is 9.37. The second kappa shape index (κ2) is 9.00. The van der Waals surface area contributed by atoms with E-state index in [9.17, 15) is 10.1 Å². The molecule has 0 spiro atoms. The van der Waals surface area contributed by atoms with Crippen LogP contribution in [0.15, 0.2) is 42.7 Å². The predicted molar refractivity (Wildman–Crippen MR) is 116 cm³/mol. The Labute approximate surface area is 180 Å². The van der Waals surface area contributed by atoms with Gasteiger partial charge in [0.15, 0.2) is 11.6 Å². The molecule has 1 aliphatic heterocycles. The highest BCUT2D eigenvalue weighted by molar-refractivity contribution is 6.13. The van der Waals surface area contributed by atoms with Gasteiger partial charge in [0.05, 0.1) is 24.8 Å². The van der Waals surface area contributed by atoms with E-state index < -0.39 is 0 Å². The van der Waals surface area contributed by atoms with Gasteiger partial charge < -0.3 is 15.4 Å². The molecule has 0 amide bonds. The van der Waals surface area contributed by atoms with Crippen LogP contribution < -0.4 is 10.6 Å². The Morgan fingerprint density at radius 1 is 1.19 bits per heavy atom. The molecule has 0 saturated carbocycles. The molecule has 0 atom stereocenters. The van der Waals surface area contributed by atoms with Gasteiger partial charge in [0.1, 0.15) is 5.82 Å². The quantitative estimate of drug-likeness (QED) is 0.632. The molecule has 2 aromatic heterocycles. The Balaban J connectivity index is 1.77. The van der Waals surface area contributed by atoms with Crippen LogP contribution in [-0.4, -0.2) is 47.0 Å². The minimum absolute atomic E-state index is 0.210. The van der Waals surface area contributed by atoms with Gasteiger partial charge in [-0.3, -0.25) is 4.79 Å². The first kappa shape index (κ1) is 20.6. The largest absolute Gasteiger partial charge is 0.378 e. The van der Waals surface area contributed by atoms with E-state index in [0.29, 0.717) is 47.8 Å². The highest BCUT2D eigenvalue weighted by Gasteiger charge is 2.20. The number of carbonyl (C=O) groups excluding carboxylic acids is 1. The molecule has 1 saturated heterocycles. The molecule has 3 aromatic rings. The van der Waals surface area contributed by atoms with Crippen LogP contribution in [0.4, 0.5) is 5.82 Å². The maximum Gasteiger partial charge on any atom is 0.194 e. The van der Waals surface area contributed by atoms with E-state index in [0.717, 1.165) is 30.2 Å². The summed E-state index contributed by atoms with van der Waals surface area (Å²) in [4.78, 5) is 29.0. The molecular formula is C23H22N6O2. The van der Waals surface area contributed by atoms with Crippen LogP contribution in [0.25, 0.3) is 11.4 Å². The van der Waals surface area contributed by atoms with E-state index in [4.69, 9.17) is 10.5 Å². The molecule has 0 unspecified atom stereocenters. The Kier molecular flexibility index (Phi) is 5.98. The highest BCUT2D eigenvalue weighted by atomic mass is 16.5. The number of carbonyl (C=O) groups is 1. The number of nitrogens with two attached hydrogens (primary N) is 1. The summed E-state index contributed by atoms with van der Waals surface area (Å²) in [5.41, 5.74) is 9.01. The van der Waals surface area contributed by atoms with Gasteiger partial charge in [0.2, 0.25) is 0 Å². The maximum absolute atomic E-state index is 13.6. The van der Waals surface area contributed by atoms with Gasteiger partial charge >= 0.3 is 0 Å². The van der Waals surface area contributed by atoms with Crippen LogP contribution >= 0.6 is 0 Å². The predicted octanol–water partition coefficient (Wildman–Crippen LogP) is 2.25. The van der Waals surface area contributed by atoms with Gasteiger partial charge in [-0.1, -0.05) is 0 Å². The number of aromatic nitrogens is 3. The molecule has 0 radical (unpaired) electrons. The lowest BCUT2D eigenvalue weighted by molar-refractivity contribution is 0.103. The lowest BCUT2D eigenvalue weighted by atomic mass is 9.95. The number of nitrogens with zero attached hydrogens (tertiary/aromatic N) is 5. The lowest BCUT2D eigenvalue weighted by Gasteiger charge is -2.28. The lowest BCUT2D eigenvalue weighted by Crippen LogP contribution is -2.37. The third kappa shape index (κ3) is 4.43. The first-order chi connectivity index (χ1) is 15.1. The van der Waals surface area contributed by atoms with Gasteiger partial charge in [0, 0.05) is 60.0 Å². The molecule has 31 heavy (non-hydrogen) atoms. The molecular weight excluding hydrogens is 392 g/mol. The molecule has 1 aromatic carbocycles. The van der Waals surface area contributed by atoms with Crippen molar-refractivity contribution in [1.82, 2.24) is 15.0 Å². The zero-order valence-electron chi connectivity index (χ0n) is 17.2. The normalized spacial score (nSPS) is 13.6. The van der Waals surface area contributed by atoms with Crippen molar-refractivity contribution in [2.24, 2.45) is 5.73 Å². The number of pyridine rings is 1. The number of rotatable bonds is 5. The van der Waals surface area contributed by atoms with E-state index in [1.165, 1.54) is 0 Å². The third-order valence-corrected chi connectivity index (χ3v) is 5.11. The summed E-state index contributed by atoms with van der Waals surface area (Å²) < 4.78 is 5.42. The highest BCUT2D eigenvalue weighted by Crippen LogP contribution is 2.26. The Hall–Kier alpha value is -3.67. The molecule has 2 N–H and O–H groups in total. The number of aryl methyl sites for hydroxylation is 1. The zero-order valence-corrected chi connectivity index (χ0v) is 17.2. The fourth-order valence-corrected chi connectivity index (χ4v) is 3.49. The third-order valence-electron chi connectivity index (χ3n) is 5.11. The number of nitriles is 1. The number of hydrogen-bond acceptors (Lipinski definition) is 8. The van der Waals surface area contributed by atoms with Crippen molar-refractivity contribution < 1.29 is 9.53 Å². The molecule has 156 valence electrons. The summed E-state index contributed by atoms with van der Waals surface area (Å²) in [7, 11) is 0. The van der Waals surface area contributed by atoms with Crippen LogP contribution in [0.5, 0.6) is 0 Å². The van der Waals surface area contributed by atoms with Crippen LogP contribution in [0.2, 0.25) is 0 Å². The van der Waals surface area contributed by atoms with Gasteiger partial charge in [-0.15, -0.1) is 0 Å². The average molecular weight is 414 g/mol. The van der Waals surface area contributed by atoms with Crippen LogP contribution in [-0.2, 0) is 11.3 Å². The van der Waals surface area contributed by atoms with Crippen LogP contribution in [0, 0.1) is 18.3 Å². The molecule has 1 aliphatic rings. The van der Waals surface area contributed by atoms with E-state index in [1.54, 1.807) is 42.7 Å². The SMILES string of the molecule is Cc1cc(C(=O)c2cc(C#N)ccc2-c2ncc(CN)cn2)cc(N2CCOCC2)n1. The van der Waals surface area contributed by atoms with E-state index >= 15 is 0 Å². The molecule has 0 bridgehead atoms. The minimum Gasteiger partial charge on any atom is -0.378 e. The van der Waals surface area contributed by atoms with Crippen LogP contribution in [0.1, 0.15) is 32.7 Å². The molecule has 3 heterocycles. The smallest absolute Gasteiger partial charge is 0.194 e. The molecule has 8 heteroatoms. The maximum atomic E-state index is 13.6. The summed E-state index contributed by atoms with van der Waals surface area (Å²) >= 11 is 0. The number of anilines is 1. The Morgan fingerprint density at radius 2 is 1.94 bits per heavy atom. The fourth-order valence-electron chi connectivity index (χ4n) is 3.49. The van der Waals surface area contributed by atoms with Crippen LogP contribution in [0.3, 0.4) is 0 Å². The van der Waals surface area contributed by atoms with Gasteiger partial charge in [-0.05, 0) is 37.3 Å².